The molecule has 0 spiro atoms. The molecule has 0 aliphatic heterocycles. The molecule has 7 heteroatoms. The molecule has 0 radical (unpaired) electrons. The van der Waals surface area contributed by atoms with Gasteiger partial charge in [0.05, 0.1) is 6.42 Å². The number of carboxylic acid groups (broad SMARTS) is 2. The van der Waals surface area contributed by atoms with Gasteiger partial charge in [-0.2, -0.15) is 11.8 Å². The summed E-state index contributed by atoms with van der Waals surface area (Å²) in [4.78, 5) is 19.6. The maximum atomic E-state index is 10.1. The molecule has 0 aliphatic carbocycles. The summed E-state index contributed by atoms with van der Waals surface area (Å²) in [6.45, 7) is 0.231. The largest absolute Gasteiger partial charge is 0.481 e. The van der Waals surface area contributed by atoms with Gasteiger partial charge in [0.1, 0.15) is 6.04 Å². The number of hydrogen-bond acceptors (Lipinski definition) is 5. The van der Waals surface area contributed by atoms with E-state index in [2.05, 4.69) is 0 Å². The fourth-order valence-electron chi connectivity index (χ4n) is 0.492. The van der Waals surface area contributed by atoms with Crippen molar-refractivity contribution in [3.8, 4) is 0 Å². The topological polar surface area (TPSA) is 127 Å². The molecule has 0 saturated heterocycles. The van der Waals surface area contributed by atoms with Crippen molar-refractivity contribution in [1.82, 2.24) is 0 Å². The minimum Gasteiger partial charge on any atom is -0.481 e. The predicted molar refractivity (Wildman–Crippen MR) is 59.9 cm³/mol. The Labute approximate surface area is 93.0 Å². The van der Waals surface area contributed by atoms with Crippen LogP contribution in [0.2, 0.25) is 0 Å². The summed E-state index contributed by atoms with van der Waals surface area (Å²) in [5, 5.41) is 16.1. The van der Waals surface area contributed by atoms with Gasteiger partial charge in [0.15, 0.2) is 0 Å². The standard InChI is InChI=1S/C5H11NO2S.C3H7NO2/c1-9-3-2-4(6)5(7)8;4-2-1-3(5)6/h4H,2-3,6H2,1H3,(H,7,8);1-2,4H2,(H,5,6)/t4-;/m0./s1. The first-order valence-electron chi connectivity index (χ1n) is 4.34. The van der Waals surface area contributed by atoms with Crippen molar-refractivity contribution >= 4 is 23.7 Å². The van der Waals surface area contributed by atoms with Crippen LogP contribution in [-0.2, 0) is 9.59 Å². The normalized spacial score (nSPS) is 11.1. The van der Waals surface area contributed by atoms with Crippen LogP contribution in [0.1, 0.15) is 12.8 Å². The van der Waals surface area contributed by atoms with Crippen molar-refractivity contribution in [3.63, 3.8) is 0 Å². The van der Waals surface area contributed by atoms with E-state index in [1.807, 2.05) is 6.26 Å². The molecular weight excluding hydrogens is 220 g/mol. The lowest BCUT2D eigenvalue weighted by Gasteiger charge is -2.02. The summed E-state index contributed by atoms with van der Waals surface area (Å²) >= 11 is 1.60. The summed E-state index contributed by atoms with van der Waals surface area (Å²) in [6, 6.07) is -0.683. The average molecular weight is 238 g/mol. The molecule has 6 nitrogen and oxygen atoms in total. The van der Waals surface area contributed by atoms with Gasteiger partial charge in [0.2, 0.25) is 0 Å². The zero-order valence-corrected chi connectivity index (χ0v) is 9.50. The van der Waals surface area contributed by atoms with E-state index in [4.69, 9.17) is 21.7 Å². The van der Waals surface area contributed by atoms with Crippen molar-refractivity contribution in [1.29, 1.82) is 0 Å². The Morgan fingerprint density at radius 1 is 1.40 bits per heavy atom. The molecular formula is C8H18N2O4S. The van der Waals surface area contributed by atoms with Gasteiger partial charge in [-0.3, -0.25) is 9.59 Å². The number of carboxylic acids is 2. The number of carbonyl (C=O) groups is 2. The van der Waals surface area contributed by atoms with Gasteiger partial charge in [-0.05, 0) is 18.4 Å². The van der Waals surface area contributed by atoms with Gasteiger partial charge < -0.3 is 21.7 Å². The van der Waals surface area contributed by atoms with E-state index >= 15 is 0 Å². The molecule has 0 bridgehead atoms. The molecule has 0 unspecified atom stereocenters. The summed E-state index contributed by atoms with van der Waals surface area (Å²) < 4.78 is 0. The molecule has 0 rings (SSSR count). The lowest BCUT2D eigenvalue weighted by molar-refractivity contribution is -0.139. The molecule has 0 amide bonds. The van der Waals surface area contributed by atoms with Gasteiger partial charge in [-0.25, -0.2) is 0 Å². The van der Waals surface area contributed by atoms with Crippen molar-refractivity contribution in [3.05, 3.63) is 0 Å². The maximum absolute atomic E-state index is 10.1. The summed E-state index contributed by atoms with van der Waals surface area (Å²) in [7, 11) is 0. The van der Waals surface area contributed by atoms with Crippen LogP contribution in [0.5, 0.6) is 0 Å². The van der Waals surface area contributed by atoms with E-state index < -0.39 is 18.0 Å². The van der Waals surface area contributed by atoms with Crippen LogP contribution in [0.25, 0.3) is 0 Å². The second-order valence-corrected chi connectivity index (χ2v) is 3.64. The first-order valence-corrected chi connectivity index (χ1v) is 5.74. The zero-order chi connectivity index (χ0) is 12.3. The highest BCUT2D eigenvalue weighted by molar-refractivity contribution is 7.98. The third kappa shape index (κ3) is 15.9. The van der Waals surface area contributed by atoms with Crippen LogP contribution in [0.4, 0.5) is 0 Å². The number of hydrogen-bond donors (Lipinski definition) is 4. The van der Waals surface area contributed by atoms with Crippen LogP contribution in [0.15, 0.2) is 0 Å². The summed E-state index contributed by atoms with van der Waals surface area (Å²) in [5.41, 5.74) is 10.0. The first-order chi connectivity index (χ1) is 6.95. The van der Waals surface area contributed by atoms with Crippen molar-refractivity contribution in [2.45, 2.75) is 18.9 Å². The molecule has 0 aromatic heterocycles. The second kappa shape index (κ2) is 11.3. The SMILES string of the molecule is CSCC[C@H](N)C(=O)O.NCCC(=O)O. The molecule has 1 atom stereocenters. The van der Waals surface area contributed by atoms with Crippen LogP contribution < -0.4 is 11.5 Å². The van der Waals surface area contributed by atoms with Gasteiger partial charge in [0, 0.05) is 6.54 Å². The van der Waals surface area contributed by atoms with Crippen LogP contribution in [0.3, 0.4) is 0 Å². The minimum atomic E-state index is -0.913. The molecule has 0 saturated carbocycles. The van der Waals surface area contributed by atoms with E-state index in [0.29, 0.717) is 6.42 Å². The Morgan fingerprint density at radius 3 is 2.13 bits per heavy atom. The Morgan fingerprint density at radius 2 is 1.93 bits per heavy atom. The molecule has 0 heterocycles. The van der Waals surface area contributed by atoms with Crippen molar-refractivity contribution in [2.24, 2.45) is 11.5 Å². The Bertz CT molecular complexity index is 189. The summed E-state index contributed by atoms with van der Waals surface area (Å²) in [6.07, 6.45) is 2.55. The maximum Gasteiger partial charge on any atom is 0.320 e. The van der Waals surface area contributed by atoms with E-state index in [-0.39, 0.29) is 13.0 Å². The zero-order valence-electron chi connectivity index (χ0n) is 8.68. The highest BCUT2D eigenvalue weighted by atomic mass is 32.2. The number of nitrogens with two attached hydrogens (primary N) is 2. The van der Waals surface area contributed by atoms with Crippen LogP contribution in [0, 0.1) is 0 Å². The minimum absolute atomic E-state index is 0.0694. The predicted octanol–water partition coefficient (Wildman–Crippen LogP) is -0.429. The fourth-order valence-corrected chi connectivity index (χ4v) is 0.981. The average Bonchev–Trinajstić information content (AvgIpc) is 2.14. The van der Waals surface area contributed by atoms with E-state index in [0.717, 1.165) is 5.75 Å². The molecule has 90 valence electrons. The number of thioether (sulfide) groups is 1. The monoisotopic (exact) mass is 238 g/mol. The summed E-state index contributed by atoms with van der Waals surface area (Å²) in [5.74, 6) is -0.936. The number of rotatable bonds is 6. The highest BCUT2D eigenvalue weighted by Gasteiger charge is 2.08. The molecule has 0 aromatic carbocycles. The van der Waals surface area contributed by atoms with Crippen LogP contribution in [-0.4, -0.2) is 46.7 Å². The second-order valence-electron chi connectivity index (χ2n) is 2.66. The van der Waals surface area contributed by atoms with E-state index in [1.165, 1.54) is 0 Å². The third-order valence-corrected chi connectivity index (χ3v) is 1.95. The Hall–Kier alpha value is -0.790. The lowest BCUT2D eigenvalue weighted by Crippen LogP contribution is -2.30. The van der Waals surface area contributed by atoms with Gasteiger partial charge in [0.25, 0.3) is 0 Å². The van der Waals surface area contributed by atoms with Crippen molar-refractivity contribution < 1.29 is 19.8 Å². The van der Waals surface area contributed by atoms with Crippen LogP contribution >= 0.6 is 11.8 Å². The Kier molecular flexibility index (Phi) is 12.5. The molecule has 0 fully saturated rings. The highest BCUT2D eigenvalue weighted by Crippen LogP contribution is 1.97. The molecule has 0 aromatic rings. The molecule has 15 heavy (non-hydrogen) atoms. The lowest BCUT2D eigenvalue weighted by atomic mass is 10.2. The van der Waals surface area contributed by atoms with Gasteiger partial charge >= 0.3 is 11.9 Å². The quantitative estimate of drug-likeness (QED) is 0.494. The smallest absolute Gasteiger partial charge is 0.320 e. The first kappa shape index (κ1) is 16.6. The van der Waals surface area contributed by atoms with Crippen molar-refractivity contribution in [2.75, 3.05) is 18.6 Å². The third-order valence-electron chi connectivity index (χ3n) is 1.31. The van der Waals surface area contributed by atoms with E-state index in [9.17, 15) is 9.59 Å². The van der Waals surface area contributed by atoms with Gasteiger partial charge in [-0.15, -0.1) is 0 Å². The number of aliphatic carboxylic acids is 2. The van der Waals surface area contributed by atoms with E-state index in [1.54, 1.807) is 11.8 Å². The molecule has 0 aliphatic rings. The Balaban J connectivity index is 0. The van der Waals surface area contributed by atoms with Gasteiger partial charge in [-0.1, -0.05) is 0 Å². The molecule has 6 N–H and O–H groups in total. The fraction of sp³-hybridized carbons (Fsp3) is 0.750.